The van der Waals surface area contributed by atoms with Gasteiger partial charge in [-0.3, -0.25) is 0 Å². The summed E-state index contributed by atoms with van der Waals surface area (Å²) in [7, 11) is -0.111. The number of H-pyrrole nitrogens is 1. The van der Waals surface area contributed by atoms with Crippen molar-refractivity contribution in [2.75, 3.05) is 13.2 Å². The van der Waals surface area contributed by atoms with E-state index >= 15 is 0 Å². The number of aromatic nitrogens is 2. The van der Waals surface area contributed by atoms with Crippen LogP contribution in [0.25, 0.3) is 11.0 Å². The lowest BCUT2D eigenvalue weighted by molar-refractivity contribution is -0.138. The second-order valence-corrected chi connectivity index (χ2v) is 9.77. The summed E-state index contributed by atoms with van der Waals surface area (Å²) in [6, 6.07) is 2.14. The first-order valence-corrected chi connectivity index (χ1v) is 10.8. The Morgan fingerprint density at radius 2 is 2.11 bits per heavy atom. The normalized spacial score (nSPS) is 38.5. The third kappa shape index (κ3) is 2.06. The second kappa shape index (κ2) is 5.39. The summed E-state index contributed by atoms with van der Waals surface area (Å²) in [5.74, 6) is 2.25. The number of nitrogens with one attached hydrogen (secondary N) is 1. The van der Waals surface area contributed by atoms with Gasteiger partial charge >= 0.3 is 7.05 Å². The highest BCUT2D eigenvalue weighted by atomic mass is 16.4. The highest BCUT2D eigenvalue weighted by molar-refractivity contribution is 6.67. The van der Waals surface area contributed by atoms with Gasteiger partial charge in [-0.2, -0.15) is 5.10 Å². The van der Waals surface area contributed by atoms with Gasteiger partial charge in [0.25, 0.3) is 0 Å². The van der Waals surface area contributed by atoms with Gasteiger partial charge in [0.05, 0.1) is 11.3 Å². The molecule has 2 aliphatic heterocycles. The Hall–Kier alpha value is -1.86. The lowest BCUT2D eigenvalue weighted by Gasteiger charge is -2.58. The van der Waals surface area contributed by atoms with Gasteiger partial charge in [-0.1, -0.05) is 0 Å². The van der Waals surface area contributed by atoms with Gasteiger partial charge < -0.3 is 19.7 Å². The minimum atomic E-state index is -0.413. The van der Waals surface area contributed by atoms with E-state index in [1.807, 2.05) is 12.4 Å². The van der Waals surface area contributed by atoms with Crippen LogP contribution in [0.15, 0.2) is 23.6 Å². The topological polar surface area (TPSA) is 73.7 Å². The van der Waals surface area contributed by atoms with Crippen molar-refractivity contribution >= 4 is 29.3 Å². The molecule has 6 nitrogen and oxygen atoms in total. The molecule has 0 radical (unpaired) electrons. The Balaban J connectivity index is 1.41. The number of nitrogens with zero attached hydrogens (tertiary/aromatic N) is 3. The largest absolute Gasteiger partial charge is 0.471 e. The average molecular weight is 376 g/mol. The molecule has 2 aromatic heterocycles. The lowest BCUT2D eigenvalue weighted by Crippen LogP contribution is -2.61. The summed E-state index contributed by atoms with van der Waals surface area (Å²) < 4.78 is 6.13. The molecular formula is C21H25BN4O2. The van der Waals surface area contributed by atoms with Crippen LogP contribution in [-0.4, -0.2) is 51.5 Å². The van der Waals surface area contributed by atoms with Crippen molar-refractivity contribution in [3.8, 4) is 0 Å². The van der Waals surface area contributed by atoms with Crippen molar-refractivity contribution in [2.45, 2.75) is 44.1 Å². The van der Waals surface area contributed by atoms with E-state index in [2.05, 4.69) is 21.0 Å². The number of aromatic amines is 1. The Bertz CT molecular complexity index is 987. The number of hydrogen-bond donors (Lipinski definition) is 2. The van der Waals surface area contributed by atoms with E-state index in [1.54, 1.807) is 0 Å². The molecule has 144 valence electrons. The van der Waals surface area contributed by atoms with E-state index < -0.39 is 5.60 Å². The van der Waals surface area contributed by atoms with Crippen LogP contribution in [0.5, 0.6) is 0 Å². The van der Waals surface area contributed by atoms with Crippen LogP contribution in [0.1, 0.15) is 44.1 Å². The van der Waals surface area contributed by atoms with Gasteiger partial charge in [0.2, 0.25) is 0 Å². The van der Waals surface area contributed by atoms with Gasteiger partial charge in [0.1, 0.15) is 5.65 Å². The van der Waals surface area contributed by atoms with Crippen LogP contribution < -0.4 is 5.46 Å². The first-order valence-electron chi connectivity index (χ1n) is 10.8. The molecule has 0 spiro atoms. The van der Waals surface area contributed by atoms with E-state index in [-0.39, 0.29) is 7.05 Å². The molecule has 2 N–H and O–H groups in total. The minimum Gasteiger partial charge on any atom is -0.412 e. The molecule has 4 saturated carbocycles. The molecule has 2 aromatic rings. The molecule has 28 heavy (non-hydrogen) atoms. The van der Waals surface area contributed by atoms with E-state index in [9.17, 15) is 5.11 Å². The Kier molecular flexibility index (Phi) is 3.08. The maximum absolute atomic E-state index is 11.1. The molecule has 5 atom stereocenters. The third-order valence-electron chi connectivity index (χ3n) is 8.01. The average Bonchev–Trinajstić information content (AvgIpc) is 3.15. The van der Waals surface area contributed by atoms with Gasteiger partial charge in [0.15, 0.2) is 0 Å². The number of aliphatic hydroxyl groups is 1. The zero-order valence-corrected chi connectivity index (χ0v) is 16.0. The van der Waals surface area contributed by atoms with Gasteiger partial charge in [-0.05, 0) is 62.3 Å². The molecule has 1 unspecified atom stereocenters. The fourth-order valence-corrected chi connectivity index (χ4v) is 7.32. The summed E-state index contributed by atoms with van der Waals surface area (Å²) in [4.78, 5) is 10.1. The third-order valence-corrected chi connectivity index (χ3v) is 8.01. The van der Waals surface area contributed by atoms with Crippen molar-refractivity contribution in [3.63, 3.8) is 0 Å². The highest BCUT2D eigenvalue weighted by Gasteiger charge is 2.57. The molecule has 5 fully saturated rings. The maximum atomic E-state index is 11.1. The molecule has 7 heteroatoms. The fourth-order valence-electron chi connectivity index (χ4n) is 7.32. The summed E-state index contributed by atoms with van der Waals surface area (Å²) in [5, 5.41) is 17.5. The zero-order chi connectivity index (χ0) is 18.5. The number of pyridine rings is 1. The van der Waals surface area contributed by atoms with Crippen molar-refractivity contribution in [3.05, 3.63) is 24.0 Å². The summed E-state index contributed by atoms with van der Waals surface area (Å²) in [6.45, 7) is 1.72. The highest BCUT2D eigenvalue weighted by Crippen LogP contribution is 2.59. The summed E-state index contributed by atoms with van der Waals surface area (Å²) in [6.07, 6.45) is 10.4. The standard InChI is InChI=1S/C21H25BN4O2/c27-21-8-12-6-13(9-21)17(14(7-12)10-21)19-18-15-2-3-23-20(15)24-11-16(18)22-26(25-19)4-1-5-28-22/h2-3,11-14,17,27H,1,4-10H2,(H,23,24)/t12-,13+,14-,17+,21?. The van der Waals surface area contributed by atoms with E-state index in [1.165, 1.54) is 29.6 Å². The lowest BCUT2D eigenvalue weighted by atomic mass is 9.48. The monoisotopic (exact) mass is 376 g/mol. The van der Waals surface area contributed by atoms with Crippen LogP contribution >= 0.6 is 0 Å². The molecule has 4 bridgehead atoms. The smallest absolute Gasteiger partial charge is 0.412 e. The Labute approximate surface area is 164 Å². The van der Waals surface area contributed by atoms with E-state index in [4.69, 9.17) is 9.76 Å². The van der Waals surface area contributed by atoms with Crippen molar-refractivity contribution in [1.82, 2.24) is 14.9 Å². The van der Waals surface area contributed by atoms with E-state index in [0.29, 0.717) is 23.7 Å². The maximum Gasteiger partial charge on any atom is 0.471 e. The molecule has 1 saturated heterocycles. The summed E-state index contributed by atoms with van der Waals surface area (Å²) in [5.41, 5.74) is 4.17. The first kappa shape index (κ1) is 16.0. The molecule has 8 rings (SSSR count). The fraction of sp³-hybridized carbons (Fsp3) is 0.619. The predicted octanol–water partition coefficient (Wildman–Crippen LogP) is 1.89. The molecule has 0 amide bonds. The number of hydrazone groups is 1. The minimum absolute atomic E-state index is 0.111. The zero-order valence-electron chi connectivity index (χ0n) is 16.0. The second-order valence-electron chi connectivity index (χ2n) is 9.77. The van der Waals surface area contributed by atoms with E-state index in [0.717, 1.165) is 49.9 Å². The predicted molar refractivity (Wildman–Crippen MR) is 107 cm³/mol. The Morgan fingerprint density at radius 3 is 2.93 bits per heavy atom. The molecular weight excluding hydrogens is 351 g/mol. The number of hydrogen-bond acceptors (Lipinski definition) is 5. The van der Waals surface area contributed by atoms with Crippen molar-refractivity contribution in [1.29, 1.82) is 0 Å². The van der Waals surface area contributed by atoms with Crippen LogP contribution in [0.2, 0.25) is 0 Å². The van der Waals surface area contributed by atoms with Gasteiger partial charge in [0, 0.05) is 47.9 Å². The molecule has 4 aliphatic carbocycles. The van der Waals surface area contributed by atoms with Crippen LogP contribution in [-0.2, 0) is 4.65 Å². The van der Waals surface area contributed by atoms with Crippen molar-refractivity contribution in [2.24, 2.45) is 28.8 Å². The van der Waals surface area contributed by atoms with Gasteiger partial charge in [-0.25, -0.2) is 4.98 Å². The van der Waals surface area contributed by atoms with Crippen molar-refractivity contribution < 1.29 is 9.76 Å². The first-order chi connectivity index (χ1) is 13.7. The SMILES string of the molecule is OC12C[C@H]3C[C@H](C1)[C@@H](C1=NN4CCCOB4c4cnc5[nH]ccc5c41)[C@@H](C3)C2. The Morgan fingerprint density at radius 1 is 1.25 bits per heavy atom. The molecule has 6 aliphatic rings. The van der Waals surface area contributed by atoms with Crippen LogP contribution in [0, 0.1) is 23.7 Å². The molecule has 0 aromatic carbocycles. The number of rotatable bonds is 1. The quantitative estimate of drug-likeness (QED) is 0.746. The van der Waals surface area contributed by atoms with Crippen LogP contribution in [0.3, 0.4) is 0 Å². The molecule has 4 heterocycles. The van der Waals surface area contributed by atoms with Gasteiger partial charge in [-0.15, -0.1) is 0 Å². The van der Waals surface area contributed by atoms with Crippen LogP contribution in [0.4, 0.5) is 0 Å². The summed E-state index contributed by atoms with van der Waals surface area (Å²) >= 11 is 0. The number of fused-ring (bicyclic) bond motifs is 5.